The van der Waals surface area contributed by atoms with E-state index in [1.807, 2.05) is 11.0 Å². The van der Waals surface area contributed by atoms with Gasteiger partial charge in [-0.1, -0.05) is 29.3 Å². The first-order valence-corrected chi connectivity index (χ1v) is 11.6. The van der Waals surface area contributed by atoms with Gasteiger partial charge in [0.25, 0.3) is 11.5 Å². The van der Waals surface area contributed by atoms with E-state index in [9.17, 15) is 9.59 Å². The summed E-state index contributed by atoms with van der Waals surface area (Å²) in [7, 11) is 0. The molecule has 174 valence electrons. The van der Waals surface area contributed by atoms with Crippen LogP contribution in [-0.2, 0) is 6.54 Å². The van der Waals surface area contributed by atoms with Crippen LogP contribution in [0.3, 0.4) is 0 Å². The summed E-state index contributed by atoms with van der Waals surface area (Å²) in [4.78, 5) is 38.7. The largest absolute Gasteiger partial charge is 0.352 e. The Bertz CT molecular complexity index is 1400. The Labute approximate surface area is 204 Å². The molecule has 1 fully saturated rings. The predicted octanol–water partition coefficient (Wildman–Crippen LogP) is 3.91. The number of H-pyrrole nitrogens is 1. The lowest BCUT2D eigenvalue weighted by Gasteiger charge is -2.32. The second-order valence-corrected chi connectivity index (χ2v) is 8.91. The van der Waals surface area contributed by atoms with Crippen molar-refractivity contribution in [3.8, 4) is 0 Å². The minimum atomic E-state index is -0.269. The van der Waals surface area contributed by atoms with Crippen LogP contribution in [0.4, 0.5) is 5.95 Å². The van der Waals surface area contributed by atoms with E-state index in [0.29, 0.717) is 65.1 Å². The third kappa shape index (κ3) is 4.49. The average Bonchev–Trinajstić information content (AvgIpc) is 3.30. The van der Waals surface area contributed by atoms with Crippen molar-refractivity contribution in [1.29, 1.82) is 0 Å². The van der Waals surface area contributed by atoms with Crippen molar-refractivity contribution in [3.63, 3.8) is 0 Å². The summed E-state index contributed by atoms with van der Waals surface area (Å²) >= 11 is 12.0. The van der Waals surface area contributed by atoms with Gasteiger partial charge in [-0.15, -0.1) is 0 Å². The highest BCUT2D eigenvalue weighted by Crippen LogP contribution is 2.26. The number of hydrogen-bond donors (Lipinski definition) is 2. The molecule has 1 aliphatic rings. The number of carbonyl (C=O) groups excluding carboxylic acids is 1. The molecule has 4 heterocycles. The fourth-order valence-electron chi connectivity index (χ4n) is 4.16. The summed E-state index contributed by atoms with van der Waals surface area (Å²) in [5, 5.41) is 8.51. The number of halogens is 2. The monoisotopic (exact) mass is 497 g/mol. The lowest BCUT2D eigenvalue weighted by atomic mass is 10.0. The number of amides is 1. The fraction of sp³-hybridized carbons (Fsp3) is 0.261. The predicted molar refractivity (Wildman–Crippen MR) is 130 cm³/mol. The van der Waals surface area contributed by atoms with Gasteiger partial charge >= 0.3 is 0 Å². The Hall–Kier alpha value is -3.43. The van der Waals surface area contributed by atoms with Crippen LogP contribution in [0.15, 0.2) is 53.7 Å². The molecule has 3 aromatic heterocycles. The number of fused-ring (bicyclic) bond motifs is 1. The van der Waals surface area contributed by atoms with Crippen LogP contribution < -0.4 is 10.9 Å². The van der Waals surface area contributed by atoms with Crippen LogP contribution in [0.25, 0.3) is 11.0 Å². The number of likely N-dealkylation sites (tertiary alicyclic amines) is 1. The second kappa shape index (κ2) is 9.44. The number of nitrogens with one attached hydrogen (secondary N) is 2. The molecule has 0 spiro atoms. The molecule has 0 saturated carbocycles. The molecule has 1 aliphatic heterocycles. The molecule has 4 aromatic rings. The van der Waals surface area contributed by atoms with Gasteiger partial charge in [-0.3, -0.25) is 24.2 Å². The fourth-order valence-corrected chi connectivity index (χ4v) is 4.48. The zero-order chi connectivity index (χ0) is 23.7. The molecule has 0 radical (unpaired) electrons. The van der Waals surface area contributed by atoms with E-state index < -0.39 is 0 Å². The number of piperidine rings is 1. The Morgan fingerprint density at radius 1 is 1.12 bits per heavy atom. The summed E-state index contributed by atoms with van der Waals surface area (Å²) in [5.74, 6) is 0.337. The van der Waals surface area contributed by atoms with E-state index in [0.717, 1.165) is 5.56 Å². The molecule has 1 saturated heterocycles. The number of rotatable bonds is 5. The van der Waals surface area contributed by atoms with Crippen LogP contribution in [0, 0.1) is 0 Å². The van der Waals surface area contributed by atoms with Crippen molar-refractivity contribution in [2.45, 2.75) is 25.4 Å². The molecule has 1 aromatic carbocycles. The summed E-state index contributed by atoms with van der Waals surface area (Å²) < 4.78 is 1.73. The quantitative estimate of drug-likeness (QED) is 0.432. The van der Waals surface area contributed by atoms with Gasteiger partial charge in [-0.25, -0.2) is 4.98 Å². The van der Waals surface area contributed by atoms with Crippen LogP contribution in [0.5, 0.6) is 0 Å². The van der Waals surface area contributed by atoms with Crippen molar-refractivity contribution in [3.05, 3.63) is 80.4 Å². The van der Waals surface area contributed by atoms with Gasteiger partial charge in [0.2, 0.25) is 5.95 Å². The van der Waals surface area contributed by atoms with Crippen molar-refractivity contribution >= 4 is 46.1 Å². The van der Waals surface area contributed by atoms with Gasteiger partial charge in [0, 0.05) is 37.6 Å². The Kier molecular flexibility index (Phi) is 6.21. The average molecular weight is 498 g/mol. The molecule has 34 heavy (non-hydrogen) atoms. The minimum absolute atomic E-state index is 0.0108. The highest BCUT2D eigenvalue weighted by molar-refractivity contribution is 6.42. The minimum Gasteiger partial charge on any atom is -0.352 e. The third-order valence-electron chi connectivity index (χ3n) is 5.92. The first kappa shape index (κ1) is 22.4. The SMILES string of the molecule is O=C(c1ccncc1)N1CCC(n2ncc3nc(NCc4ccc(Cl)c(Cl)c4)[nH]c(=O)c32)CC1. The highest BCUT2D eigenvalue weighted by Gasteiger charge is 2.27. The molecule has 0 bridgehead atoms. The molecule has 1 amide bonds. The van der Waals surface area contributed by atoms with Crippen molar-refractivity contribution in [2.75, 3.05) is 18.4 Å². The second-order valence-electron chi connectivity index (χ2n) is 8.10. The number of pyridine rings is 1. The summed E-state index contributed by atoms with van der Waals surface area (Å²) in [6, 6.07) is 8.78. The van der Waals surface area contributed by atoms with Gasteiger partial charge in [0.05, 0.1) is 22.3 Å². The van der Waals surface area contributed by atoms with Gasteiger partial charge in [0.1, 0.15) is 5.52 Å². The van der Waals surface area contributed by atoms with E-state index >= 15 is 0 Å². The van der Waals surface area contributed by atoms with Gasteiger partial charge in [0.15, 0.2) is 5.52 Å². The van der Waals surface area contributed by atoms with Crippen molar-refractivity contribution < 1.29 is 4.79 Å². The topological polar surface area (TPSA) is 109 Å². The molecule has 0 aliphatic carbocycles. The zero-order valence-electron chi connectivity index (χ0n) is 18.0. The Balaban J connectivity index is 1.28. The van der Waals surface area contributed by atoms with E-state index in [1.54, 1.807) is 47.5 Å². The van der Waals surface area contributed by atoms with Gasteiger partial charge in [-0.05, 0) is 42.7 Å². The Morgan fingerprint density at radius 3 is 2.62 bits per heavy atom. The molecular formula is C23H21Cl2N7O2. The summed E-state index contributed by atoms with van der Waals surface area (Å²) in [5.41, 5.74) is 2.20. The number of carbonyl (C=O) groups is 1. The van der Waals surface area contributed by atoms with Gasteiger partial charge < -0.3 is 10.2 Å². The number of aromatic nitrogens is 5. The molecule has 0 unspecified atom stereocenters. The first-order valence-electron chi connectivity index (χ1n) is 10.8. The van der Waals surface area contributed by atoms with Crippen molar-refractivity contribution in [2.24, 2.45) is 0 Å². The van der Waals surface area contributed by atoms with Gasteiger partial charge in [-0.2, -0.15) is 5.10 Å². The molecule has 2 N–H and O–H groups in total. The third-order valence-corrected chi connectivity index (χ3v) is 6.66. The smallest absolute Gasteiger partial charge is 0.278 e. The lowest BCUT2D eigenvalue weighted by Crippen LogP contribution is -2.39. The van der Waals surface area contributed by atoms with E-state index in [4.69, 9.17) is 23.2 Å². The number of nitrogens with zero attached hydrogens (tertiary/aromatic N) is 5. The summed E-state index contributed by atoms with van der Waals surface area (Å²) in [6.45, 7) is 1.59. The van der Waals surface area contributed by atoms with Crippen LogP contribution in [0.2, 0.25) is 10.0 Å². The maximum atomic E-state index is 12.9. The molecule has 0 atom stereocenters. The number of aromatic amines is 1. The number of benzene rings is 1. The van der Waals surface area contributed by atoms with E-state index in [-0.39, 0.29) is 17.5 Å². The van der Waals surface area contributed by atoms with Crippen LogP contribution in [0.1, 0.15) is 34.8 Å². The normalized spacial score (nSPS) is 14.5. The van der Waals surface area contributed by atoms with E-state index in [2.05, 4.69) is 25.4 Å². The maximum absolute atomic E-state index is 12.9. The maximum Gasteiger partial charge on any atom is 0.278 e. The Morgan fingerprint density at radius 2 is 1.88 bits per heavy atom. The van der Waals surface area contributed by atoms with Crippen LogP contribution >= 0.6 is 23.2 Å². The van der Waals surface area contributed by atoms with Crippen LogP contribution in [-0.4, -0.2) is 48.6 Å². The molecule has 5 rings (SSSR count). The number of anilines is 1. The molecule has 11 heteroatoms. The molecular weight excluding hydrogens is 477 g/mol. The van der Waals surface area contributed by atoms with E-state index in [1.165, 1.54) is 0 Å². The van der Waals surface area contributed by atoms with Crippen molar-refractivity contribution in [1.82, 2.24) is 29.6 Å². The zero-order valence-corrected chi connectivity index (χ0v) is 19.6. The number of hydrogen-bond acceptors (Lipinski definition) is 6. The first-order chi connectivity index (χ1) is 16.5. The highest BCUT2D eigenvalue weighted by atomic mass is 35.5. The molecule has 9 nitrogen and oxygen atoms in total. The lowest BCUT2D eigenvalue weighted by molar-refractivity contribution is 0.0691. The summed E-state index contributed by atoms with van der Waals surface area (Å²) in [6.07, 6.45) is 6.23. The standard InChI is InChI=1S/C23H21Cl2N7O2/c24-17-2-1-14(11-18(17)25)12-27-23-29-19-13-28-32(20(19)21(33)30-23)16-5-9-31(10-6-16)22(34)15-3-7-26-8-4-15/h1-4,7-8,11,13,16H,5-6,9-10,12H2,(H2,27,29,30,33).